The number of piperazine rings is 1. The molecule has 5 heterocycles. The van der Waals surface area contributed by atoms with Crippen LogP contribution in [0, 0.1) is 24.1 Å². The molecule has 0 radical (unpaired) electrons. The molecular weight excluding hydrogens is 637 g/mol. The molecule has 1 aromatic carbocycles. The number of rotatable bonds is 7. The van der Waals surface area contributed by atoms with Crippen molar-refractivity contribution in [2.75, 3.05) is 34.5 Å². The Labute approximate surface area is 268 Å². The van der Waals surface area contributed by atoms with Crippen molar-refractivity contribution in [1.29, 1.82) is 5.26 Å². The van der Waals surface area contributed by atoms with E-state index in [0.717, 1.165) is 18.2 Å². The van der Waals surface area contributed by atoms with Gasteiger partial charge in [-0.1, -0.05) is 17.7 Å². The number of aromatic nitrogens is 4. The Balaban J connectivity index is 1.34. The van der Waals surface area contributed by atoms with Gasteiger partial charge in [-0.25, -0.2) is 32.5 Å². The number of amides is 1. The number of carbonyl (C=O) groups is 1. The summed E-state index contributed by atoms with van der Waals surface area (Å²) in [6, 6.07) is 9.10. The lowest BCUT2D eigenvalue weighted by atomic mass is 10.0. The molecule has 2 N–H and O–H groups in total. The van der Waals surface area contributed by atoms with Gasteiger partial charge in [-0.3, -0.25) is 14.2 Å². The molecule has 3 aromatic heterocycles. The summed E-state index contributed by atoms with van der Waals surface area (Å²) in [4.78, 5) is 43.7. The van der Waals surface area contributed by atoms with Gasteiger partial charge in [0, 0.05) is 31.9 Å². The lowest BCUT2D eigenvalue weighted by molar-refractivity contribution is 0.0977. The van der Waals surface area contributed by atoms with Crippen LogP contribution in [0.15, 0.2) is 41.3 Å². The third-order valence-corrected chi connectivity index (χ3v) is 9.01. The number of halogens is 2. The fourth-order valence-corrected chi connectivity index (χ4v) is 6.84. The van der Waals surface area contributed by atoms with Crippen LogP contribution in [0.4, 0.5) is 21.8 Å². The number of pyridine rings is 2. The molecule has 2 fully saturated rings. The smallest absolute Gasteiger partial charge is 0.285 e. The number of sulfonamides is 1. The highest BCUT2D eigenvalue weighted by atomic mass is 35.5. The van der Waals surface area contributed by atoms with Gasteiger partial charge in [0.05, 0.1) is 46.5 Å². The van der Waals surface area contributed by atoms with Gasteiger partial charge in [0.1, 0.15) is 11.2 Å². The van der Waals surface area contributed by atoms with E-state index in [0.29, 0.717) is 35.5 Å². The Bertz CT molecular complexity index is 2140. The van der Waals surface area contributed by atoms with Gasteiger partial charge in [0.2, 0.25) is 16.0 Å². The molecule has 0 spiro atoms. The van der Waals surface area contributed by atoms with Crippen LogP contribution in [0.3, 0.4) is 0 Å². The number of benzene rings is 1. The second-order valence-corrected chi connectivity index (χ2v) is 13.8. The molecule has 2 saturated heterocycles. The summed E-state index contributed by atoms with van der Waals surface area (Å²) < 4.78 is 41.7. The quantitative estimate of drug-likeness (QED) is 0.279. The Morgan fingerprint density at radius 2 is 1.89 bits per heavy atom. The minimum Gasteiger partial charge on any atom is -0.377 e. The van der Waals surface area contributed by atoms with E-state index in [1.165, 1.54) is 29.0 Å². The van der Waals surface area contributed by atoms with Crippen LogP contribution in [-0.4, -0.2) is 65.3 Å². The molecule has 2 aliphatic rings. The number of aryl methyl sites for hydroxylation is 1. The fraction of sp³-hybridized carbons (Fsp3) is 0.333. The third-order valence-electron chi connectivity index (χ3n) is 8.24. The zero-order valence-corrected chi connectivity index (χ0v) is 26.8. The molecule has 238 valence electrons. The first-order valence-corrected chi connectivity index (χ1v) is 16.6. The van der Waals surface area contributed by atoms with E-state index in [4.69, 9.17) is 21.8 Å². The van der Waals surface area contributed by atoms with Crippen LogP contribution in [0.25, 0.3) is 10.9 Å². The molecule has 0 saturated carbocycles. The summed E-state index contributed by atoms with van der Waals surface area (Å²) in [7, 11) is -2.19. The highest BCUT2D eigenvalue weighted by molar-refractivity contribution is 7.89. The summed E-state index contributed by atoms with van der Waals surface area (Å²) in [6.45, 7) is 4.65. The Kier molecular flexibility index (Phi) is 7.81. The zero-order chi connectivity index (χ0) is 33.1. The van der Waals surface area contributed by atoms with Gasteiger partial charge in [0.15, 0.2) is 17.3 Å². The number of carbonyl (C=O) groups excluding carboxylic acids is 1. The number of nitriles is 1. The lowest BCUT2D eigenvalue weighted by Gasteiger charge is -2.36. The van der Waals surface area contributed by atoms with E-state index in [1.54, 1.807) is 13.1 Å². The summed E-state index contributed by atoms with van der Waals surface area (Å²) in [5.41, 5.74) is 1.89. The number of fused-ring (bicyclic) bond motifs is 3. The van der Waals surface area contributed by atoms with E-state index >= 15 is 0 Å². The van der Waals surface area contributed by atoms with Crippen LogP contribution >= 0.6 is 11.6 Å². The summed E-state index contributed by atoms with van der Waals surface area (Å²) in [5, 5.41) is 12.7. The number of nitrogens with zero attached hydrogens (tertiary/aromatic N) is 7. The van der Waals surface area contributed by atoms with Crippen molar-refractivity contribution in [2.24, 2.45) is 7.05 Å². The van der Waals surface area contributed by atoms with Crippen LogP contribution in [0.1, 0.15) is 46.6 Å². The largest absolute Gasteiger partial charge is 0.377 e. The highest BCUT2D eigenvalue weighted by Gasteiger charge is 2.46. The normalized spacial score (nSPS) is 18.1. The minimum absolute atomic E-state index is 0.00356. The van der Waals surface area contributed by atoms with Crippen molar-refractivity contribution < 1.29 is 17.6 Å². The number of hydrogen-bond donors (Lipinski definition) is 2. The van der Waals surface area contributed by atoms with Crippen molar-refractivity contribution in [1.82, 2.24) is 24.2 Å². The molecule has 46 heavy (non-hydrogen) atoms. The average Bonchev–Trinajstić information content (AvgIpc) is 3.60. The molecule has 6 rings (SSSR count). The SMILES string of the molecule is Cc1cc([C@@H](C)Nc2ccc(Cl)nc2C(=O)NS(C)(=O)=O)c2nc(N3C[C@@H]4C[C@H]3CN4c3ncc(C#N)cc3F)n(C)c(=O)c2c1. The molecule has 1 amide bonds. The van der Waals surface area contributed by atoms with E-state index < -0.39 is 27.8 Å². The average molecular weight is 666 g/mol. The molecule has 13 nitrogen and oxygen atoms in total. The first kappa shape index (κ1) is 31.2. The molecular formula is C30H29ClFN9O4S. The topological polar surface area (TPSA) is 166 Å². The van der Waals surface area contributed by atoms with Crippen molar-refractivity contribution >= 4 is 55.9 Å². The van der Waals surface area contributed by atoms with Gasteiger partial charge in [-0.15, -0.1) is 0 Å². The first-order chi connectivity index (χ1) is 21.7. The Hall–Kier alpha value is -4.81. The van der Waals surface area contributed by atoms with E-state index in [-0.39, 0.29) is 45.6 Å². The lowest BCUT2D eigenvalue weighted by Crippen LogP contribution is -2.49. The third kappa shape index (κ3) is 5.69. The second-order valence-electron chi connectivity index (χ2n) is 11.6. The predicted octanol–water partition coefficient (Wildman–Crippen LogP) is 3.03. The summed E-state index contributed by atoms with van der Waals surface area (Å²) >= 11 is 6.03. The highest BCUT2D eigenvalue weighted by Crippen LogP contribution is 2.37. The molecule has 0 aliphatic carbocycles. The van der Waals surface area contributed by atoms with Gasteiger partial charge >= 0.3 is 0 Å². The monoisotopic (exact) mass is 665 g/mol. The molecule has 16 heteroatoms. The van der Waals surface area contributed by atoms with Gasteiger partial charge < -0.3 is 15.1 Å². The second kappa shape index (κ2) is 11.5. The van der Waals surface area contributed by atoms with E-state index in [2.05, 4.69) is 20.2 Å². The molecule has 2 aliphatic heterocycles. The van der Waals surface area contributed by atoms with Crippen LogP contribution in [0.2, 0.25) is 5.15 Å². The molecule has 0 unspecified atom stereocenters. The van der Waals surface area contributed by atoms with E-state index in [1.807, 2.05) is 35.6 Å². The molecule has 4 aromatic rings. The maximum Gasteiger partial charge on any atom is 0.285 e. The maximum atomic E-state index is 14.8. The first-order valence-electron chi connectivity index (χ1n) is 14.3. The number of nitrogens with one attached hydrogen (secondary N) is 2. The van der Waals surface area contributed by atoms with Crippen molar-refractivity contribution in [3.8, 4) is 6.07 Å². The van der Waals surface area contributed by atoms with Crippen LogP contribution < -0.4 is 25.4 Å². The standard InChI is InChI=1S/C30H29ClFN9O4S/c1-15-7-20(16(2)35-23-5-6-24(31)36-26(23)28(42)38-46(4,44)45)25-21(8-15)29(43)39(3)30(37-25)41-14-18-10-19(41)13-40(18)27-22(32)9-17(11-33)12-34-27/h5-9,12,16,18-19,35H,10,13-14H2,1-4H3,(H,38,42)/t16-,18+,19+/m1/s1. The van der Waals surface area contributed by atoms with Crippen molar-refractivity contribution in [3.63, 3.8) is 0 Å². The van der Waals surface area contributed by atoms with Crippen LogP contribution in [0.5, 0.6) is 0 Å². The van der Waals surface area contributed by atoms with E-state index in [9.17, 15) is 22.4 Å². The number of anilines is 3. The molecule has 2 bridgehead atoms. The Morgan fingerprint density at radius 3 is 2.54 bits per heavy atom. The summed E-state index contributed by atoms with van der Waals surface area (Å²) in [6.07, 6.45) is 2.94. The van der Waals surface area contributed by atoms with Crippen LogP contribution in [-0.2, 0) is 17.1 Å². The minimum atomic E-state index is -3.86. The fourth-order valence-electron chi connectivity index (χ4n) is 6.26. The van der Waals surface area contributed by atoms with Gasteiger partial charge in [-0.05, 0) is 50.1 Å². The number of hydrogen-bond acceptors (Lipinski definition) is 11. The predicted molar refractivity (Wildman–Crippen MR) is 171 cm³/mol. The van der Waals surface area contributed by atoms with Crippen molar-refractivity contribution in [3.05, 3.63) is 80.2 Å². The molecule has 3 atom stereocenters. The zero-order valence-electron chi connectivity index (χ0n) is 25.2. The maximum absolute atomic E-state index is 14.8. The summed E-state index contributed by atoms with van der Waals surface area (Å²) in [5.74, 6) is -0.830. The Morgan fingerprint density at radius 1 is 1.17 bits per heavy atom. The van der Waals surface area contributed by atoms with Crippen molar-refractivity contribution in [2.45, 2.75) is 38.4 Å². The van der Waals surface area contributed by atoms with Gasteiger partial charge in [0.25, 0.3) is 11.5 Å². The van der Waals surface area contributed by atoms with Gasteiger partial charge in [-0.2, -0.15) is 5.26 Å².